The second-order valence-electron chi connectivity index (χ2n) is 8.48. The normalized spacial score (nSPS) is 12.1. The van der Waals surface area contributed by atoms with Gasteiger partial charge in [-0.15, -0.1) is 0 Å². The highest BCUT2D eigenvalue weighted by molar-refractivity contribution is 7.92. The van der Waals surface area contributed by atoms with Crippen molar-refractivity contribution in [1.29, 1.82) is 0 Å². The molecule has 0 bridgehead atoms. The Morgan fingerprint density at radius 1 is 0.714 bits per heavy atom. The lowest BCUT2D eigenvalue weighted by atomic mass is 9.98. The van der Waals surface area contributed by atoms with Gasteiger partial charge in [0.05, 0.1) is 16.6 Å². The van der Waals surface area contributed by atoms with E-state index >= 15 is 0 Å². The number of nitrogens with one attached hydrogen (secondary N) is 1. The van der Waals surface area contributed by atoms with Gasteiger partial charge in [-0.1, -0.05) is 96.1 Å². The molecule has 5 nitrogen and oxygen atoms in total. The average Bonchev–Trinajstić information content (AvgIpc) is 2.88. The van der Waals surface area contributed by atoms with E-state index in [4.69, 9.17) is 0 Å². The van der Waals surface area contributed by atoms with Crippen molar-refractivity contribution in [2.45, 2.75) is 24.8 Å². The minimum absolute atomic E-state index is 0.131. The van der Waals surface area contributed by atoms with E-state index in [1.54, 1.807) is 30.3 Å². The van der Waals surface area contributed by atoms with Crippen molar-refractivity contribution in [3.63, 3.8) is 0 Å². The van der Waals surface area contributed by atoms with Gasteiger partial charge in [-0.05, 0) is 49.2 Å². The Balaban J connectivity index is 1.67. The second-order valence-corrected chi connectivity index (χ2v) is 10.3. The van der Waals surface area contributed by atoms with Crippen LogP contribution in [-0.2, 0) is 14.8 Å². The third-order valence-corrected chi connectivity index (χ3v) is 7.58. The van der Waals surface area contributed by atoms with Gasteiger partial charge < -0.3 is 5.32 Å². The molecule has 4 rings (SSSR count). The Hall–Kier alpha value is -3.90. The first-order valence-electron chi connectivity index (χ1n) is 11.4. The molecule has 0 aliphatic rings. The van der Waals surface area contributed by atoms with Gasteiger partial charge in [0.25, 0.3) is 10.0 Å². The monoisotopic (exact) mass is 484 g/mol. The van der Waals surface area contributed by atoms with Gasteiger partial charge in [-0.3, -0.25) is 9.10 Å². The lowest BCUT2D eigenvalue weighted by Crippen LogP contribution is -2.42. The minimum atomic E-state index is -3.96. The van der Waals surface area contributed by atoms with Gasteiger partial charge in [-0.25, -0.2) is 8.42 Å². The summed E-state index contributed by atoms with van der Waals surface area (Å²) in [5.74, 6) is -0.403. The van der Waals surface area contributed by atoms with Crippen LogP contribution in [0, 0.1) is 13.8 Å². The van der Waals surface area contributed by atoms with E-state index in [-0.39, 0.29) is 11.4 Å². The van der Waals surface area contributed by atoms with Gasteiger partial charge in [-0.2, -0.15) is 0 Å². The summed E-state index contributed by atoms with van der Waals surface area (Å²) >= 11 is 0. The molecule has 0 heterocycles. The summed E-state index contributed by atoms with van der Waals surface area (Å²) in [4.78, 5) is 13.5. The maximum absolute atomic E-state index is 13.6. The zero-order chi connectivity index (χ0) is 24.8. The zero-order valence-electron chi connectivity index (χ0n) is 19.8. The molecule has 4 aromatic carbocycles. The van der Waals surface area contributed by atoms with Gasteiger partial charge in [0.2, 0.25) is 5.91 Å². The third-order valence-electron chi connectivity index (χ3n) is 5.79. The number of anilines is 1. The number of hydrogen-bond donors (Lipinski definition) is 1. The Labute approximate surface area is 207 Å². The number of nitrogens with zero attached hydrogens (tertiary/aromatic N) is 1. The van der Waals surface area contributed by atoms with Crippen LogP contribution in [0.1, 0.15) is 28.3 Å². The van der Waals surface area contributed by atoms with Crippen LogP contribution < -0.4 is 9.62 Å². The summed E-state index contributed by atoms with van der Waals surface area (Å²) in [5.41, 5.74) is 4.38. The topological polar surface area (TPSA) is 66.5 Å². The molecule has 0 saturated heterocycles. The fraction of sp³-hybridized carbons (Fsp3) is 0.138. The van der Waals surface area contributed by atoms with E-state index in [0.29, 0.717) is 5.69 Å². The molecule has 0 spiro atoms. The standard InChI is InChI=1S/C29H28N2O3S/c1-22-13-17-25(18-14-22)29(24-9-5-3-6-10-24)30-28(32)21-31(26-19-15-23(2)16-20-26)35(33,34)27-11-7-4-8-12-27/h3-20,29H,21H2,1-2H3,(H,30,32)/t29-/m0/s1. The first kappa shape index (κ1) is 24.2. The summed E-state index contributed by atoms with van der Waals surface area (Å²) < 4.78 is 28.3. The third kappa shape index (κ3) is 5.78. The molecule has 0 aliphatic heterocycles. The number of sulfonamides is 1. The summed E-state index contributed by atoms with van der Waals surface area (Å²) in [6, 6.07) is 32.5. The van der Waals surface area contributed by atoms with Crippen molar-refractivity contribution in [3.05, 3.63) is 131 Å². The molecule has 4 aromatic rings. The number of amides is 1. The zero-order valence-corrected chi connectivity index (χ0v) is 20.6. The van der Waals surface area contributed by atoms with E-state index in [0.717, 1.165) is 26.6 Å². The van der Waals surface area contributed by atoms with Gasteiger partial charge in [0, 0.05) is 0 Å². The Kier molecular flexibility index (Phi) is 7.32. The van der Waals surface area contributed by atoms with E-state index < -0.39 is 22.0 Å². The maximum atomic E-state index is 13.6. The number of carbonyl (C=O) groups is 1. The molecule has 1 atom stereocenters. The predicted octanol–water partition coefficient (Wildman–Crippen LogP) is 5.40. The fourth-order valence-corrected chi connectivity index (χ4v) is 5.29. The Morgan fingerprint density at radius 2 is 1.20 bits per heavy atom. The Morgan fingerprint density at radius 3 is 1.77 bits per heavy atom. The summed E-state index contributed by atoms with van der Waals surface area (Å²) in [6.07, 6.45) is 0. The molecule has 0 aromatic heterocycles. The molecule has 1 N–H and O–H groups in total. The maximum Gasteiger partial charge on any atom is 0.264 e. The van der Waals surface area contributed by atoms with Crippen molar-refractivity contribution in [3.8, 4) is 0 Å². The number of carbonyl (C=O) groups excluding carboxylic acids is 1. The predicted molar refractivity (Wildman–Crippen MR) is 140 cm³/mol. The number of rotatable bonds is 8. The van der Waals surface area contributed by atoms with Crippen LogP contribution >= 0.6 is 0 Å². The van der Waals surface area contributed by atoms with E-state index in [9.17, 15) is 13.2 Å². The van der Waals surface area contributed by atoms with Crippen LogP contribution in [0.15, 0.2) is 114 Å². The summed E-state index contributed by atoms with van der Waals surface area (Å²) in [5, 5.41) is 3.06. The van der Waals surface area contributed by atoms with Gasteiger partial charge >= 0.3 is 0 Å². The lowest BCUT2D eigenvalue weighted by molar-refractivity contribution is -0.120. The highest BCUT2D eigenvalue weighted by atomic mass is 32.2. The SMILES string of the molecule is Cc1ccc([C@@H](NC(=O)CN(c2ccc(C)cc2)S(=O)(=O)c2ccccc2)c2ccccc2)cc1. The second kappa shape index (κ2) is 10.6. The minimum Gasteiger partial charge on any atom is -0.344 e. The highest BCUT2D eigenvalue weighted by Gasteiger charge is 2.28. The molecule has 0 aliphatic carbocycles. The van der Waals surface area contributed by atoms with Crippen LogP contribution in [0.4, 0.5) is 5.69 Å². The molecule has 0 saturated carbocycles. The fourth-order valence-electron chi connectivity index (χ4n) is 3.85. The first-order valence-corrected chi connectivity index (χ1v) is 12.8. The van der Waals surface area contributed by atoms with Gasteiger partial charge in [0.15, 0.2) is 0 Å². The van der Waals surface area contributed by atoms with Crippen LogP contribution in [0.5, 0.6) is 0 Å². The van der Waals surface area contributed by atoms with Crippen LogP contribution in [-0.4, -0.2) is 20.9 Å². The smallest absolute Gasteiger partial charge is 0.264 e. The lowest BCUT2D eigenvalue weighted by Gasteiger charge is -2.26. The van der Waals surface area contributed by atoms with E-state index in [2.05, 4.69) is 5.32 Å². The van der Waals surface area contributed by atoms with Crippen LogP contribution in [0.25, 0.3) is 0 Å². The van der Waals surface area contributed by atoms with E-state index in [1.807, 2.05) is 80.6 Å². The number of aryl methyl sites for hydroxylation is 2. The number of hydrogen-bond acceptors (Lipinski definition) is 3. The van der Waals surface area contributed by atoms with E-state index in [1.165, 1.54) is 12.1 Å². The van der Waals surface area contributed by atoms with Crippen molar-refractivity contribution < 1.29 is 13.2 Å². The molecule has 1 amide bonds. The molecule has 0 unspecified atom stereocenters. The largest absolute Gasteiger partial charge is 0.344 e. The molecule has 0 radical (unpaired) electrons. The first-order chi connectivity index (χ1) is 16.8. The quantitative estimate of drug-likeness (QED) is 0.364. The van der Waals surface area contributed by atoms with Crippen LogP contribution in [0.3, 0.4) is 0 Å². The number of benzene rings is 4. The van der Waals surface area contributed by atoms with Crippen molar-refractivity contribution in [2.24, 2.45) is 0 Å². The average molecular weight is 485 g/mol. The molecule has 178 valence electrons. The van der Waals surface area contributed by atoms with Crippen LogP contribution in [0.2, 0.25) is 0 Å². The summed E-state index contributed by atoms with van der Waals surface area (Å²) in [6.45, 7) is 3.59. The molecule has 35 heavy (non-hydrogen) atoms. The van der Waals surface area contributed by atoms with Crippen molar-refractivity contribution >= 4 is 21.6 Å². The Bertz CT molecular complexity index is 1370. The summed E-state index contributed by atoms with van der Waals surface area (Å²) in [7, 11) is -3.96. The highest BCUT2D eigenvalue weighted by Crippen LogP contribution is 2.26. The van der Waals surface area contributed by atoms with Crippen molar-refractivity contribution in [1.82, 2.24) is 5.32 Å². The molecule has 0 fully saturated rings. The molecule has 6 heteroatoms. The van der Waals surface area contributed by atoms with Gasteiger partial charge in [0.1, 0.15) is 6.54 Å². The van der Waals surface area contributed by atoms with Crippen molar-refractivity contribution in [2.75, 3.05) is 10.8 Å². The molecular formula is C29H28N2O3S. The molecular weight excluding hydrogens is 456 g/mol.